The molecule has 2 aliphatic rings. The number of rotatable bonds is 2. The molecule has 0 bridgehead atoms. The minimum Gasteiger partial charge on any atom is -0.381 e. The monoisotopic (exact) mass is 276 g/mol. The lowest BCUT2D eigenvalue weighted by Crippen LogP contribution is -2.46. The maximum absolute atomic E-state index is 5.38. The number of likely N-dealkylation sites (N-methyl/N-ethyl adjacent to an activating group) is 1. The number of nitrogens with one attached hydrogen (secondary N) is 1. The minimum absolute atomic E-state index is 0.187. The van der Waals surface area contributed by atoms with Crippen molar-refractivity contribution in [1.82, 2.24) is 14.9 Å². The summed E-state index contributed by atoms with van der Waals surface area (Å²) in [4.78, 5) is 11.6. The molecule has 1 fully saturated rings. The van der Waals surface area contributed by atoms with Gasteiger partial charge in [-0.1, -0.05) is 0 Å². The highest BCUT2D eigenvalue weighted by Gasteiger charge is 2.31. The summed E-state index contributed by atoms with van der Waals surface area (Å²) in [5, 5.41) is 3.45. The van der Waals surface area contributed by atoms with Crippen molar-refractivity contribution in [2.24, 2.45) is 0 Å². The Morgan fingerprint density at radius 1 is 1.35 bits per heavy atom. The van der Waals surface area contributed by atoms with Crippen LogP contribution in [0.15, 0.2) is 6.20 Å². The molecule has 1 N–H and O–H groups in total. The number of nitrogens with zero attached hydrogens (tertiary/aromatic N) is 3. The summed E-state index contributed by atoms with van der Waals surface area (Å²) in [5.74, 6) is 0.767. The van der Waals surface area contributed by atoms with Gasteiger partial charge in [0, 0.05) is 37.5 Å². The molecule has 0 aromatic carbocycles. The molecule has 1 saturated heterocycles. The second-order valence-electron chi connectivity index (χ2n) is 6.54. The van der Waals surface area contributed by atoms with Crippen molar-refractivity contribution in [2.45, 2.75) is 51.2 Å². The van der Waals surface area contributed by atoms with Crippen molar-refractivity contribution in [2.75, 3.05) is 25.6 Å². The topological polar surface area (TPSA) is 50.3 Å². The quantitative estimate of drug-likeness (QED) is 0.893. The van der Waals surface area contributed by atoms with E-state index >= 15 is 0 Å². The molecular weight excluding hydrogens is 252 g/mol. The molecular formula is C15H24N4O. The van der Waals surface area contributed by atoms with E-state index in [1.54, 1.807) is 0 Å². The Kier molecular flexibility index (Phi) is 3.65. The molecule has 5 heteroatoms. The van der Waals surface area contributed by atoms with Crippen LogP contribution in [-0.2, 0) is 17.7 Å². The van der Waals surface area contributed by atoms with Crippen molar-refractivity contribution in [3.05, 3.63) is 17.5 Å². The van der Waals surface area contributed by atoms with Gasteiger partial charge in [-0.15, -0.1) is 0 Å². The van der Waals surface area contributed by atoms with Crippen LogP contribution in [0.3, 0.4) is 0 Å². The summed E-state index contributed by atoms with van der Waals surface area (Å²) in [7, 11) is 2.16. The van der Waals surface area contributed by atoms with Crippen LogP contribution in [0.2, 0.25) is 0 Å². The van der Waals surface area contributed by atoms with Crippen LogP contribution in [0.5, 0.6) is 0 Å². The smallest absolute Gasteiger partial charge is 0.223 e. The molecule has 0 unspecified atom stereocenters. The number of hydrogen-bond donors (Lipinski definition) is 1. The second kappa shape index (κ2) is 5.30. The summed E-state index contributed by atoms with van der Waals surface area (Å²) in [6, 6.07) is 0.444. The fourth-order valence-corrected chi connectivity index (χ4v) is 2.86. The Morgan fingerprint density at radius 3 is 2.85 bits per heavy atom. The van der Waals surface area contributed by atoms with Crippen molar-refractivity contribution in [3.63, 3.8) is 0 Å². The van der Waals surface area contributed by atoms with Crippen molar-refractivity contribution in [1.29, 1.82) is 0 Å². The molecule has 0 atom stereocenters. The van der Waals surface area contributed by atoms with E-state index in [9.17, 15) is 0 Å². The fraction of sp³-hybridized carbons (Fsp3) is 0.733. The normalized spacial score (nSPS) is 23.4. The van der Waals surface area contributed by atoms with E-state index in [0.717, 1.165) is 50.7 Å². The molecule has 0 aliphatic carbocycles. The van der Waals surface area contributed by atoms with Gasteiger partial charge in [-0.05, 0) is 45.7 Å². The second-order valence-corrected chi connectivity index (χ2v) is 6.54. The largest absolute Gasteiger partial charge is 0.381 e. The highest BCUT2D eigenvalue weighted by molar-refractivity contribution is 5.33. The molecule has 2 aliphatic heterocycles. The summed E-state index contributed by atoms with van der Waals surface area (Å²) in [5.41, 5.74) is 2.63. The van der Waals surface area contributed by atoms with Gasteiger partial charge in [0.2, 0.25) is 5.95 Å². The highest BCUT2D eigenvalue weighted by atomic mass is 16.5. The minimum atomic E-state index is 0.187. The molecule has 0 spiro atoms. The van der Waals surface area contributed by atoms with E-state index in [4.69, 9.17) is 9.72 Å². The number of aromatic nitrogens is 2. The molecule has 3 heterocycles. The molecule has 0 radical (unpaired) electrons. The molecule has 20 heavy (non-hydrogen) atoms. The Hall–Kier alpha value is -1.20. The van der Waals surface area contributed by atoms with Crippen molar-refractivity contribution < 1.29 is 4.74 Å². The van der Waals surface area contributed by atoms with Gasteiger partial charge < -0.3 is 10.1 Å². The first kappa shape index (κ1) is 13.8. The maximum Gasteiger partial charge on any atom is 0.223 e. The van der Waals surface area contributed by atoms with Gasteiger partial charge in [-0.2, -0.15) is 0 Å². The van der Waals surface area contributed by atoms with Gasteiger partial charge in [0.05, 0.1) is 5.69 Å². The predicted octanol–water partition coefficient (Wildman–Crippen LogP) is 1.83. The van der Waals surface area contributed by atoms with E-state index in [-0.39, 0.29) is 5.54 Å². The fourth-order valence-electron chi connectivity index (χ4n) is 2.86. The van der Waals surface area contributed by atoms with E-state index in [1.165, 1.54) is 5.56 Å². The Bertz CT molecular complexity index is 483. The van der Waals surface area contributed by atoms with Gasteiger partial charge in [-0.3, -0.25) is 4.90 Å². The summed E-state index contributed by atoms with van der Waals surface area (Å²) in [6.45, 7) is 7.10. The van der Waals surface area contributed by atoms with Crippen LogP contribution in [0.25, 0.3) is 0 Å². The van der Waals surface area contributed by atoms with Crippen molar-refractivity contribution >= 4 is 5.95 Å². The third-order valence-electron chi connectivity index (χ3n) is 4.55. The third-order valence-corrected chi connectivity index (χ3v) is 4.55. The number of ether oxygens (including phenoxy) is 1. The van der Waals surface area contributed by atoms with Gasteiger partial charge >= 0.3 is 0 Å². The lowest BCUT2D eigenvalue weighted by atomic mass is 9.89. The number of fused-ring (bicyclic) bond motifs is 1. The lowest BCUT2D eigenvalue weighted by molar-refractivity contribution is 0.0902. The molecule has 110 valence electrons. The first-order chi connectivity index (χ1) is 9.54. The van der Waals surface area contributed by atoms with Crippen LogP contribution >= 0.6 is 0 Å². The zero-order valence-electron chi connectivity index (χ0n) is 12.6. The highest BCUT2D eigenvalue weighted by Crippen LogP contribution is 2.28. The molecule has 0 saturated carbocycles. The lowest BCUT2D eigenvalue weighted by Gasteiger charge is -2.40. The molecule has 3 rings (SSSR count). The first-order valence-corrected chi connectivity index (χ1v) is 7.45. The van der Waals surface area contributed by atoms with Gasteiger partial charge in [0.25, 0.3) is 0 Å². The zero-order chi connectivity index (χ0) is 14.2. The number of hydrogen-bond acceptors (Lipinski definition) is 5. The Morgan fingerprint density at radius 2 is 2.10 bits per heavy atom. The average molecular weight is 276 g/mol. The maximum atomic E-state index is 5.38. The van der Waals surface area contributed by atoms with E-state index < -0.39 is 0 Å². The zero-order valence-corrected chi connectivity index (χ0v) is 12.6. The third kappa shape index (κ3) is 2.79. The van der Waals surface area contributed by atoms with Crippen LogP contribution < -0.4 is 5.32 Å². The average Bonchev–Trinajstić information content (AvgIpc) is 2.41. The van der Waals surface area contributed by atoms with Gasteiger partial charge in [0.1, 0.15) is 0 Å². The van der Waals surface area contributed by atoms with E-state index in [1.807, 2.05) is 6.20 Å². The van der Waals surface area contributed by atoms with Crippen molar-refractivity contribution in [3.8, 4) is 0 Å². The van der Waals surface area contributed by atoms with Crippen LogP contribution in [0.1, 0.15) is 37.9 Å². The van der Waals surface area contributed by atoms with Crippen LogP contribution in [0.4, 0.5) is 5.95 Å². The summed E-state index contributed by atoms with van der Waals surface area (Å²) < 4.78 is 5.38. The summed E-state index contributed by atoms with van der Waals surface area (Å²) >= 11 is 0. The molecule has 0 amide bonds. The number of anilines is 1. The molecule has 5 nitrogen and oxygen atoms in total. The van der Waals surface area contributed by atoms with E-state index in [2.05, 4.69) is 36.1 Å². The van der Waals surface area contributed by atoms with Gasteiger partial charge in [0.15, 0.2) is 0 Å². The first-order valence-electron chi connectivity index (χ1n) is 7.45. The van der Waals surface area contributed by atoms with Crippen LogP contribution in [0, 0.1) is 0 Å². The Labute approximate surface area is 120 Å². The standard InChI is InChI=1S/C15H24N4O/c1-15(2)8-11-9-16-14(18-13(11)10-19(15)3)17-12-4-6-20-7-5-12/h9,12H,4-8,10H2,1-3H3,(H,16,17,18). The molecule has 1 aromatic rings. The van der Waals surface area contributed by atoms with Gasteiger partial charge in [-0.25, -0.2) is 9.97 Å². The predicted molar refractivity (Wildman–Crippen MR) is 78.7 cm³/mol. The van der Waals surface area contributed by atoms with E-state index in [0.29, 0.717) is 6.04 Å². The summed E-state index contributed by atoms with van der Waals surface area (Å²) in [6.07, 6.45) is 5.08. The Balaban J connectivity index is 1.74. The van der Waals surface area contributed by atoms with Crippen LogP contribution in [-0.4, -0.2) is 46.7 Å². The SMILES string of the molecule is CN1Cc2nc(NC3CCOCC3)ncc2CC1(C)C. The molecule has 1 aromatic heterocycles.